The normalized spacial score (nSPS) is 15.7. The SMILES string of the molecule is CC(C)CC(=O)N1CCCCCCCN(C(=O)c2cccc(Br)c2)Cc2ccccc21. The summed E-state index contributed by atoms with van der Waals surface area (Å²) in [4.78, 5) is 30.4. The van der Waals surface area contributed by atoms with Crippen LogP contribution in [0.5, 0.6) is 0 Å². The van der Waals surface area contributed by atoms with Crippen LogP contribution in [0.3, 0.4) is 0 Å². The predicted octanol–water partition coefficient (Wildman–Crippen LogP) is 6.43. The molecule has 0 saturated carbocycles. The van der Waals surface area contributed by atoms with Gasteiger partial charge in [0.05, 0.1) is 0 Å². The van der Waals surface area contributed by atoms with Crippen LogP contribution in [-0.4, -0.2) is 29.8 Å². The average molecular weight is 485 g/mol. The minimum absolute atomic E-state index is 0.0354. The lowest BCUT2D eigenvalue weighted by Crippen LogP contribution is -2.36. The van der Waals surface area contributed by atoms with Gasteiger partial charge in [0.15, 0.2) is 0 Å². The molecule has 5 heteroatoms. The number of rotatable bonds is 3. The first-order chi connectivity index (χ1) is 15.0. The number of amides is 2. The molecule has 2 amide bonds. The smallest absolute Gasteiger partial charge is 0.254 e. The highest BCUT2D eigenvalue weighted by Crippen LogP contribution is 2.26. The molecular weight excluding hydrogens is 452 g/mol. The van der Waals surface area contributed by atoms with Crippen molar-refractivity contribution in [3.8, 4) is 0 Å². The van der Waals surface area contributed by atoms with E-state index < -0.39 is 0 Å². The molecule has 0 saturated heterocycles. The number of nitrogens with zero attached hydrogens (tertiary/aromatic N) is 2. The Morgan fingerprint density at radius 2 is 1.65 bits per heavy atom. The Labute approximate surface area is 194 Å². The summed E-state index contributed by atoms with van der Waals surface area (Å²) in [6.45, 7) is 6.13. The van der Waals surface area contributed by atoms with Gasteiger partial charge >= 0.3 is 0 Å². The lowest BCUT2D eigenvalue weighted by Gasteiger charge is -2.30. The summed E-state index contributed by atoms with van der Waals surface area (Å²) in [7, 11) is 0. The Bertz CT molecular complexity index is 896. The largest absolute Gasteiger partial charge is 0.334 e. The highest BCUT2D eigenvalue weighted by atomic mass is 79.9. The summed E-state index contributed by atoms with van der Waals surface area (Å²) in [5.41, 5.74) is 2.66. The Morgan fingerprint density at radius 1 is 0.935 bits per heavy atom. The van der Waals surface area contributed by atoms with E-state index in [1.54, 1.807) is 0 Å². The highest BCUT2D eigenvalue weighted by Gasteiger charge is 2.23. The molecule has 0 spiro atoms. The van der Waals surface area contributed by atoms with Crippen LogP contribution in [0.4, 0.5) is 5.69 Å². The highest BCUT2D eigenvalue weighted by molar-refractivity contribution is 9.10. The van der Waals surface area contributed by atoms with Crippen LogP contribution in [0.15, 0.2) is 53.0 Å². The molecule has 3 rings (SSSR count). The van der Waals surface area contributed by atoms with Crippen LogP contribution in [-0.2, 0) is 11.3 Å². The number of hydrogen-bond acceptors (Lipinski definition) is 2. The van der Waals surface area contributed by atoms with Crippen molar-refractivity contribution in [1.82, 2.24) is 4.90 Å². The van der Waals surface area contributed by atoms with E-state index in [0.717, 1.165) is 60.9 Å². The fraction of sp³-hybridized carbons (Fsp3) is 0.462. The molecule has 0 aliphatic carbocycles. The fourth-order valence-electron chi connectivity index (χ4n) is 4.11. The summed E-state index contributed by atoms with van der Waals surface area (Å²) in [6, 6.07) is 15.6. The summed E-state index contributed by atoms with van der Waals surface area (Å²) < 4.78 is 0.901. The molecule has 0 radical (unpaired) electrons. The second kappa shape index (κ2) is 11.5. The number of fused-ring (bicyclic) bond motifs is 1. The predicted molar refractivity (Wildman–Crippen MR) is 130 cm³/mol. The lowest BCUT2D eigenvalue weighted by atomic mass is 10.0. The van der Waals surface area contributed by atoms with Gasteiger partial charge in [-0.3, -0.25) is 9.59 Å². The number of carbonyl (C=O) groups is 2. The Hall–Kier alpha value is -2.14. The monoisotopic (exact) mass is 484 g/mol. The maximum Gasteiger partial charge on any atom is 0.254 e. The van der Waals surface area contributed by atoms with Crippen molar-refractivity contribution in [2.75, 3.05) is 18.0 Å². The molecule has 0 N–H and O–H groups in total. The van der Waals surface area contributed by atoms with E-state index in [9.17, 15) is 9.59 Å². The quantitative estimate of drug-likeness (QED) is 0.503. The van der Waals surface area contributed by atoms with Crippen LogP contribution >= 0.6 is 15.9 Å². The van der Waals surface area contributed by atoms with Crippen LogP contribution < -0.4 is 4.90 Å². The zero-order valence-corrected chi connectivity index (χ0v) is 20.2. The van der Waals surface area contributed by atoms with Gasteiger partial charge in [0, 0.05) is 41.8 Å². The van der Waals surface area contributed by atoms with Crippen molar-refractivity contribution in [2.45, 2.75) is 58.9 Å². The van der Waals surface area contributed by atoms with E-state index in [4.69, 9.17) is 0 Å². The third kappa shape index (κ3) is 6.67. The fourth-order valence-corrected chi connectivity index (χ4v) is 4.51. The van der Waals surface area contributed by atoms with Crippen molar-refractivity contribution in [2.24, 2.45) is 5.92 Å². The summed E-state index contributed by atoms with van der Waals surface area (Å²) >= 11 is 3.48. The molecule has 0 aromatic heterocycles. The van der Waals surface area contributed by atoms with Gasteiger partial charge in [-0.05, 0) is 48.6 Å². The van der Waals surface area contributed by atoms with Crippen molar-refractivity contribution in [1.29, 1.82) is 0 Å². The van der Waals surface area contributed by atoms with E-state index in [1.807, 2.05) is 52.3 Å². The molecule has 166 valence electrons. The summed E-state index contributed by atoms with van der Waals surface area (Å²) in [5, 5.41) is 0. The van der Waals surface area contributed by atoms with Gasteiger partial charge in [-0.2, -0.15) is 0 Å². The van der Waals surface area contributed by atoms with E-state index in [2.05, 4.69) is 35.8 Å². The van der Waals surface area contributed by atoms with Crippen molar-refractivity contribution >= 4 is 33.4 Å². The van der Waals surface area contributed by atoms with E-state index in [-0.39, 0.29) is 11.8 Å². The molecule has 1 aliphatic rings. The Morgan fingerprint density at radius 3 is 2.39 bits per heavy atom. The third-order valence-electron chi connectivity index (χ3n) is 5.70. The molecule has 0 fully saturated rings. The first-order valence-corrected chi connectivity index (χ1v) is 12.2. The molecule has 4 nitrogen and oxygen atoms in total. The molecule has 2 aromatic carbocycles. The third-order valence-corrected chi connectivity index (χ3v) is 6.19. The van der Waals surface area contributed by atoms with Gasteiger partial charge in [-0.25, -0.2) is 0 Å². The maximum absolute atomic E-state index is 13.4. The molecule has 1 aliphatic heterocycles. The van der Waals surface area contributed by atoms with Crippen molar-refractivity contribution in [3.63, 3.8) is 0 Å². The Balaban J connectivity index is 1.94. The zero-order valence-electron chi connectivity index (χ0n) is 18.6. The molecule has 0 unspecified atom stereocenters. The number of hydrogen-bond donors (Lipinski definition) is 0. The lowest BCUT2D eigenvalue weighted by molar-refractivity contribution is -0.119. The number of halogens is 1. The van der Waals surface area contributed by atoms with Crippen LogP contribution in [0.2, 0.25) is 0 Å². The molecular formula is C26H33BrN2O2. The van der Waals surface area contributed by atoms with Crippen LogP contribution in [0.1, 0.15) is 68.3 Å². The topological polar surface area (TPSA) is 40.6 Å². The van der Waals surface area contributed by atoms with Gasteiger partial charge in [0.1, 0.15) is 0 Å². The molecule has 1 heterocycles. The van der Waals surface area contributed by atoms with Gasteiger partial charge < -0.3 is 9.80 Å². The molecule has 31 heavy (non-hydrogen) atoms. The minimum Gasteiger partial charge on any atom is -0.334 e. The van der Waals surface area contributed by atoms with Gasteiger partial charge in [-0.15, -0.1) is 0 Å². The van der Waals surface area contributed by atoms with Crippen molar-refractivity contribution < 1.29 is 9.59 Å². The van der Waals surface area contributed by atoms with Crippen LogP contribution in [0, 0.1) is 5.92 Å². The van der Waals surface area contributed by atoms with E-state index in [0.29, 0.717) is 24.4 Å². The summed E-state index contributed by atoms with van der Waals surface area (Å²) in [6.07, 6.45) is 5.88. The zero-order chi connectivity index (χ0) is 22.2. The molecule has 0 atom stereocenters. The Kier molecular flexibility index (Phi) is 8.70. The summed E-state index contributed by atoms with van der Waals surface area (Å²) in [5.74, 6) is 0.522. The van der Waals surface area contributed by atoms with Gasteiger partial charge in [-0.1, -0.05) is 73.3 Å². The standard InChI is InChI=1S/C26H33BrN2O2/c1-20(2)17-25(30)29-16-9-5-3-4-8-15-28(19-22-11-6-7-14-24(22)29)26(31)21-12-10-13-23(27)18-21/h6-7,10-14,18,20H,3-5,8-9,15-17,19H2,1-2H3. The first kappa shape index (κ1) is 23.5. The number of anilines is 1. The molecule has 2 aromatic rings. The number of para-hydroxylation sites is 1. The number of carbonyl (C=O) groups excluding carboxylic acids is 2. The minimum atomic E-state index is 0.0354. The van der Waals surface area contributed by atoms with E-state index >= 15 is 0 Å². The molecule has 0 bridgehead atoms. The van der Waals surface area contributed by atoms with Crippen molar-refractivity contribution in [3.05, 3.63) is 64.1 Å². The second-order valence-electron chi connectivity index (χ2n) is 8.78. The average Bonchev–Trinajstić information content (AvgIpc) is 2.73. The van der Waals surface area contributed by atoms with E-state index in [1.165, 1.54) is 0 Å². The van der Waals surface area contributed by atoms with Crippen LogP contribution in [0.25, 0.3) is 0 Å². The van der Waals surface area contributed by atoms with Gasteiger partial charge in [0.25, 0.3) is 5.91 Å². The first-order valence-electron chi connectivity index (χ1n) is 11.4. The maximum atomic E-state index is 13.4. The number of benzene rings is 2. The van der Waals surface area contributed by atoms with Gasteiger partial charge in [0.2, 0.25) is 5.91 Å². The second-order valence-corrected chi connectivity index (χ2v) is 9.69.